The molecular formula is C17H26ClFIN3O. The highest BCUT2D eigenvalue weighted by molar-refractivity contribution is 14.0. The molecule has 1 aromatic carbocycles. The first-order valence-corrected chi connectivity index (χ1v) is 8.42. The van der Waals surface area contributed by atoms with E-state index in [1.54, 1.807) is 19.2 Å². The lowest BCUT2D eigenvalue weighted by Crippen LogP contribution is -2.41. The van der Waals surface area contributed by atoms with Crippen LogP contribution in [-0.2, 0) is 11.2 Å². The van der Waals surface area contributed by atoms with Gasteiger partial charge in [-0.2, -0.15) is 0 Å². The number of guanidine groups is 1. The summed E-state index contributed by atoms with van der Waals surface area (Å²) >= 11 is 6.03. The van der Waals surface area contributed by atoms with E-state index < -0.39 is 0 Å². The quantitative estimate of drug-likeness (QED) is 0.274. The van der Waals surface area contributed by atoms with Crippen LogP contribution in [0.4, 0.5) is 4.39 Å². The van der Waals surface area contributed by atoms with E-state index in [0.717, 1.165) is 25.0 Å². The van der Waals surface area contributed by atoms with E-state index in [1.807, 2.05) is 11.9 Å². The van der Waals surface area contributed by atoms with Gasteiger partial charge < -0.3 is 15.0 Å². The van der Waals surface area contributed by atoms with E-state index in [2.05, 4.69) is 10.3 Å². The number of nitrogens with zero attached hydrogens (tertiary/aromatic N) is 2. The molecule has 4 nitrogen and oxygen atoms in total. The van der Waals surface area contributed by atoms with Crippen LogP contribution < -0.4 is 5.32 Å². The average Bonchev–Trinajstić information content (AvgIpc) is 3.34. The highest BCUT2D eigenvalue weighted by Gasteiger charge is 2.21. The Morgan fingerprint density at radius 1 is 1.46 bits per heavy atom. The second-order valence-electron chi connectivity index (χ2n) is 5.86. The van der Waals surface area contributed by atoms with Crippen LogP contribution >= 0.6 is 35.6 Å². The van der Waals surface area contributed by atoms with Gasteiger partial charge in [-0.3, -0.25) is 4.99 Å². The monoisotopic (exact) mass is 469 g/mol. The van der Waals surface area contributed by atoms with Crippen LogP contribution in [0.5, 0.6) is 0 Å². The highest BCUT2D eigenvalue weighted by Crippen LogP contribution is 2.28. The molecule has 0 aliphatic heterocycles. The smallest absolute Gasteiger partial charge is 0.193 e. The molecule has 24 heavy (non-hydrogen) atoms. The van der Waals surface area contributed by atoms with Crippen LogP contribution in [0.25, 0.3) is 0 Å². The third kappa shape index (κ3) is 7.11. The molecular weight excluding hydrogens is 444 g/mol. The maximum Gasteiger partial charge on any atom is 0.193 e. The Labute approximate surface area is 165 Å². The highest BCUT2D eigenvalue weighted by atomic mass is 127. The maximum absolute atomic E-state index is 13.7. The van der Waals surface area contributed by atoms with Crippen molar-refractivity contribution in [3.05, 3.63) is 34.6 Å². The number of likely N-dealkylation sites (N-methyl/N-ethyl adjacent to an activating group) is 1. The minimum absolute atomic E-state index is 0. The van der Waals surface area contributed by atoms with Crippen molar-refractivity contribution in [2.24, 2.45) is 10.9 Å². The number of hydrogen-bond donors (Lipinski definition) is 1. The molecule has 1 N–H and O–H groups in total. The number of hydrogen-bond acceptors (Lipinski definition) is 2. The van der Waals surface area contributed by atoms with Gasteiger partial charge in [0.05, 0.1) is 6.61 Å². The summed E-state index contributed by atoms with van der Waals surface area (Å²) in [5.74, 6) is 1.28. The summed E-state index contributed by atoms with van der Waals surface area (Å²) in [7, 11) is 3.70. The minimum atomic E-state index is -0.267. The number of benzene rings is 1. The van der Waals surface area contributed by atoms with E-state index in [9.17, 15) is 4.39 Å². The summed E-state index contributed by atoms with van der Waals surface area (Å²) in [4.78, 5) is 6.25. The van der Waals surface area contributed by atoms with Gasteiger partial charge in [-0.15, -0.1) is 24.0 Å². The Morgan fingerprint density at radius 2 is 2.21 bits per heavy atom. The number of ether oxygens (including phenoxy) is 1. The lowest BCUT2D eigenvalue weighted by Gasteiger charge is -2.22. The van der Waals surface area contributed by atoms with Crippen LogP contribution in [0.1, 0.15) is 18.4 Å². The van der Waals surface area contributed by atoms with Crippen molar-refractivity contribution in [1.29, 1.82) is 0 Å². The topological polar surface area (TPSA) is 36.9 Å². The fourth-order valence-corrected chi connectivity index (χ4v) is 2.55. The summed E-state index contributed by atoms with van der Waals surface area (Å²) in [5.41, 5.74) is 0.535. The molecule has 1 fully saturated rings. The summed E-state index contributed by atoms with van der Waals surface area (Å²) in [6.45, 7) is 2.89. The Kier molecular flexibility index (Phi) is 9.92. The molecule has 0 unspecified atom stereocenters. The first-order valence-electron chi connectivity index (χ1n) is 8.04. The zero-order chi connectivity index (χ0) is 16.7. The van der Waals surface area contributed by atoms with Crippen molar-refractivity contribution in [2.45, 2.75) is 19.3 Å². The number of aliphatic imine (C=N–C) groups is 1. The maximum atomic E-state index is 13.7. The van der Waals surface area contributed by atoms with Gasteiger partial charge in [0.15, 0.2) is 5.96 Å². The molecule has 0 atom stereocenters. The zero-order valence-electron chi connectivity index (χ0n) is 14.2. The van der Waals surface area contributed by atoms with E-state index in [0.29, 0.717) is 30.2 Å². The lowest BCUT2D eigenvalue weighted by molar-refractivity contribution is 0.115. The molecule has 0 bridgehead atoms. The van der Waals surface area contributed by atoms with Crippen LogP contribution in [0.2, 0.25) is 5.02 Å². The molecule has 0 radical (unpaired) electrons. The van der Waals surface area contributed by atoms with Gasteiger partial charge in [-0.05, 0) is 37.3 Å². The minimum Gasteiger partial charge on any atom is -0.379 e. The molecule has 0 saturated heterocycles. The second kappa shape index (κ2) is 11.1. The normalized spacial score (nSPS) is 14.2. The van der Waals surface area contributed by atoms with E-state index in [1.165, 1.54) is 18.9 Å². The van der Waals surface area contributed by atoms with Crippen molar-refractivity contribution >= 4 is 41.5 Å². The van der Waals surface area contributed by atoms with Gasteiger partial charge >= 0.3 is 0 Å². The van der Waals surface area contributed by atoms with Crippen LogP contribution in [0, 0.1) is 11.7 Å². The zero-order valence-corrected chi connectivity index (χ0v) is 17.3. The molecule has 0 spiro atoms. The van der Waals surface area contributed by atoms with Crippen molar-refractivity contribution in [3.8, 4) is 0 Å². The molecule has 136 valence electrons. The average molecular weight is 470 g/mol. The van der Waals surface area contributed by atoms with Crippen molar-refractivity contribution in [3.63, 3.8) is 0 Å². The Hall–Kier alpha value is -0.600. The largest absolute Gasteiger partial charge is 0.379 e. The van der Waals surface area contributed by atoms with Crippen molar-refractivity contribution in [1.82, 2.24) is 10.2 Å². The molecule has 1 saturated carbocycles. The van der Waals surface area contributed by atoms with Crippen LogP contribution in [-0.4, -0.2) is 51.3 Å². The van der Waals surface area contributed by atoms with Crippen molar-refractivity contribution < 1.29 is 9.13 Å². The molecule has 7 heteroatoms. The van der Waals surface area contributed by atoms with Gasteiger partial charge in [-0.25, -0.2) is 4.39 Å². The van der Waals surface area contributed by atoms with Crippen LogP contribution in [0.3, 0.4) is 0 Å². The fraction of sp³-hybridized carbons (Fsp3) is 0.588. The van der Waals surface area contributed by atoms with Crippen molar-refractivity contribution in [2.75, 3.05) is 40.4 Å². The standard InChI is InChI=1S/C17H25ClFN3O.HI/c1-20-17(22(2)10-11-23-12-13-6-7-13)21-9-8-14-15(18)4-3-5-16(14)19;/h3-5,13H,6-12H2,1-2H3,(H,20,21);1H. The summed E-state index contributed by atoms with van der Waals surface area (Å²) in [6, 6.07) is 4.75. The molecule has 0 aromatic heterocycles. The number of rotatable bonds is 8. The third-order valence-electron chi connectivity index (χ3n) is 3.91. The molecule has 0 heterocycles. The molecule has 0 amide bonds. The predicted octanol–water partition coefficient (Wildman–Crippen LogP) is 3.57. The lowest BCUT2D eigenvalue weighted by atomic mass is 10.1. The van der Waals surface area contributed by atoms with Crippen LogP contribution in [0.15, 0.2) is 23.2 Å². The number of nitrogens with one attached hydrogen (secondary N) is 1. The van der Waals surface area contributed by atoms with Gasteiger partial charge in [0.25, 0.3) is 0 Å². The summed E-state index contributed by atoms with van der Waals surface area (Å²) < 4.78 is 19.4. The molecule has 1 aromatic rings. The SMILES string of the molecule is CN=C(NCCc1c(F)cccc1Cl)N(C)CCOCC1CC1.I. The van der Waals surface area contributed by atoms with Gasteiger partial charge in [0.2, 0.25) is 0 Å². The Morgan fingerprint density at radius 3 is 2.83 bits per heavy atom. The molecule has 2 rings (SSSR count). The fourth-order valence-electron chi connectivity index (χ4n) is 2.30. The summed E-state index contributed by atoms with van der Waals surface area (Å²) in [5, 5.41) is 3.69. The number of halogens is 3. The first-order chi connectivity index (χ1) is 11.1. The molecule has 1 aliphatic rings. The Bertz CT molecular complexity index is 520. The van der Waals surface area contributed by atoms with E-state index in [-0.39, 0.29) is 29.8 Å². The van der Waals surface area contributed by atoms with E-state index in [4.69, 9.17) is 16.3 Å². The predicted molar refractivity (Wildman–Crippen MR) is 108 cm³/mol. The second-order valence-corrected chi connectivity index (χ2v) is 6.27. The van der Waals surface area contributed by atoms with E-state index >= 15 is 0 Å². The van der Waals surface area contributed by atoms with Gasteiger partial charge in [0, 0.05) is 44.4 Å². The van der Waals surface area contributed by atoms with Gasteiger partial charge in [-0.1, -0.05) is 17.7 Å². The molecule has 1 aliphatic carbocycles. The third-order valence-corrected chi connectivity index (χ3v) is 4.27. The Balaban J connectivity index is 0.00000288. The van der Waals surface area contributed by atoms with Gasteiger partial charge in [0.1, 0.15) is 5.82 Å². The summed E-state index contributed by atoms with van der Waals surface area (Å²) in [6.07, 6.45) is 3.12. The first kappa shape index (κ1) is 21.4.